The largest absolute Gasteiger partial charge is 0.493 e. The lowest BCUT2D eigenvalue weighted by molar-refractivity contribution is -0.122. The molecule has 33 heavy (non-hydrogen) atoms. The number of benzene rings is 1. The molecule has 0 radical (unpaired) electrons. The highest BCUT2D eigenvalue weighted by Gasteiger charge is 2.32. The number of carbonyl (C=O) groups excluding carboxylic acids is 2. The number of nitrogens with zero attached hydrogens (tertiary/aromatic N) is 1. The summed E-state index contributed by atoms with van der Waals surface area (Å²) in [6.45, 7) is 9.75. The van der Waals surface area contributed by atoms with E-state index in [0.717, 1.165) is 19.3 Å². The second-order valence-corrected chi connectivity index (χ2v) is 9.13. The van der Waals surface area contributed by atoms with Crippen LogP contribution in [0.5, 0.6) is 11.5 Å². The Hall–Kier alpha value is -2.32. The van der Waals surface area contributed by atoms with Crippen LogP contribution in [0.1, 0.15) is 63.7 Å². The zero-order chi connectivity index (χ0) is 24.4. The van der Waals surface area contributed by atoms with Gasteiger partial charge in [0.25, 0.3) is 5.91 Å². The van der Waals surface area contributed by atoms with Gasteiger partial charge in [-0.1, -0.05) is 0 Å². The van der Waals surface area contributed by atoms with Gasteiger partial charge >= 0.3 is 0 Å². The van der Waals surface area contributed by atoms with Crippen molar-refractivity contribution in [2.24, 2.45) is 0 Å². The van der Waals surface area contributed by atoms with E-state index in [-0.39, 0.29) is 36.0 Å². The van der Waals surface area contributed by atoms with Gasteiger partial charge in [-0.2, -0.15) is 0 Å². The molecule has 2 unspecified atom stereocenters. The molecule has 1 fully saturated rings. The van der Waals surface area contributed by atoms with Crippen molar-refractivity contribution >= 4 is 11.8 Å². The number of ether oxygens (including phenoxy) is 3. The monoisotopic (exact) mass is 463 g/mol. The molecule has 1 aliphatic heterocycles. The number of carbonyl (C=O) groups is 2. The SMILES string of the molecule is COCCCOc1cc(C(=O)N(C(C)C)C2CCC(CC(=O)NC(C)C)NC2)ccc1OC. The summed E-state index contributed by atoms with van der Waals surface area (Å²) in [6.07, 6.45) is 2.92. The highest BCUT2D eigenvalue weighted by Crippen LogP contribution is 2.30. The van der Waals surface area contributed by atoms with Crippen LogP contribution in [0.15, 0.2) is 18.2 Å². The molecule has 1 heterocycles. The number of rotatable bonds is 12. The molecular formula is C25H41N3O5. The van der Waals surface area contributed by atoms with E-state index in [2.05, 4.69) is 10.6 Å². The lowest BCUT2D eigenvalue weighted by atomic mass is 9.95. The molecule has 1 aromatic rings. The minimum atomic E-state index is -0.0304. The summed E-state index contributed by atoms with van der Waals surface area (Å²) in [7, 11) is 3.24. The average molecular weight is 464 g/mol. The molecule has 2 amide bonds. The maximum absolute atomic E-state index is 13.5. The van der Waals surface area contributed by atoms with Crippen LogP contribution in [0.2, 0.25) is 0 Å². The van der Waals surface area contributed by atoms with Crippen molar-refractivity contribution < 1.29 is 23.8 Å². The molecule has 2 rings (SSSR count). The van der Waals surface area contributed by atoms with Gasteiger partial charge in [-0.3, -0.25) is 9.59 Å². The Morgan fingerprint density at radius 3 is 2.45 bits per heavy atom. The van der Waals surface area contributed by atoms with E-state index in [0.29, 0.717) is 43.2 Å². The van der Waals surface area contributed by atoms with Crippen LogP contribution in [0.4, 0.5) is 0 Å². The van der Waals surface area contributed by atoms with Crippen molar-refractivity contribution in [2.45, 2.75) is 77.5 Å². The fraction of sp³-hybridized carbons (Fsp3) is 0.680. The smallest absolute Gasteiger partial charge is 0.254 e. The van der Waals surface area contributed by atoms with Crippen LogP contribution in [0.25, 0.3) is 0 Å². The molecule has 186 valence electrons. The lowest BCUT2D eigenvalue weighted by Crippen LogP contribution is -2.54. The highest BCUT2D eigenvalue weighted by molar-refractivity contribution is 5.95. The molecule has 8 nitrogen and oxygen atoms in total. The number of amides is 2. The topological polar surface area (TPSA) is 89.1 Å². The quantitative estimate of drug-likeness (QED) is 0.463. The Morgan fingerprint density at radius 2 is 1.88 bits per heavy atom. The van der Waals surface area contributed by atoms with E-state index >= 15 is 0 Å². The van der Waals surface area contributed by atoms with Crippen molar-refractivity contribution in [3.63, 3.8) is 0 Å². The third kappa shape index (κ3) is 8.19. The molecule has 0 aromatic heterocycles. The minimum absolute atomic E-state index is 0.0304. The molecule has 1 aromatic carbocycles. The van der Waals surface area contributed by atoms with Gasteiger partial charge in [0.2, 0.25) is 5.91 Å². The first kappa shape index (κ1) is 26.9. The van der Waals surface area contributed by atoms with Gasteiger partial charge < -0.3 is 29.7 Å². The molecule has 8 heteroatoms. The molecule has 2 N–H and O–H groups in total. The van der Waals surface area contributed by atoms with Gasteiger partial charge in [-0.05, 0) is 58.7 Å². The van der Waals surface area contributed by atoms with Crippen LogP contribution >= 0.6 is 0 Å². The van der Waals surface area contributed by atoms with Crippen LogP contribution in [0.3, 0.4) is 0 Å². The van der Waals surface area contributed by atoms with Gasteiger partial charge in [0.05, 0.1) is 13.7 Å². The summed E-state index contributed by atoms with van der Waals surface area (Å²) in [5.41, 5.74) is 0.574. The Balaban J connectivity index is 2.05. The summed E-state index contributed by atoms with van der Waals surface area (Å²) < 4.78 is 16.3. The van der Waals surface area contributed by atoms with Crippen molar-refractivity contribution in [3.05, 3.63) is 23.8 Å². The standard InChI is InChI=1S/C25H41N3O5/c1-17(2)27-24(29)15-20-9-10-21(16-26-20)28(18(3)4)25(30)19-8-11-22(32-6)23(14-19)33-13-7-12-31-5/h8,11,14,17-18,20-21,26H,7,9-10,12-13,15-16H2,1-6H3,(H,27,29). The molecule has 0 bridgehead atoms. The van der Waals surface area contributed by atoms with E-state index < -0.39 is 0 Å². The molecule has 0 spiro atoms. The van der Waals surface area contributed by atoms with Gasteiger partial charge in [-0.25, -0.2) is 0 Å². The zero-order valence-electron chi connectivity index (χ0n) is 21.0. The van der Waals surface area contributed by atoms with Crippen molar-refractivity contribution in [1.82, 2.24) is 15.5 Å². The highest BCUT2D eigenvalue weighted by atomic mass is 16.5. The van der Waals surface area contributed by atoms with Crippen LogP contribution < -0.4 is 20.1 Å². The molecule has 0 aliphatic carbocycles. The Labute approximate surface area is 198 Å². The Morgan fingerprint density at radius 1 is 1.12 bits per heavy atom. The molecule has 2 atom stereocenters. The summed E-state index contributed by atoms with van der Waals surface area (Å²) >= 11 is 0. The number of hydrogen-bond donors (Lipinski definition) is 2. The second kappa shape index (κ2) is 13.4. The predicted molar refractivity (Wildman–Crippen MR) is 129 cm³/mol. The number of hydrogen-bond acceptors (Lipinski definition) is 6. The summed E-state index contributed by atoms with van der Waals surface area (Å²) in [4.78, 5) is 27.5. The molecule has 1 saturated heterocycles. The van der Waals surface area contributed by atoms with E-state index in [1.807, 2.05) is 32.6 Å². The third-order valence-corrected chi connectivity index (χ3v) is 5.72. The van der Waals surface area contributed by atoms with Crippen molar-refractivity contribution in [1.29, 1.82) is 0 Å². The van der Waals surface area contributed by atoms with Gasteiger partial charge in [0, 0.05) is 62.8 Å². The molecular weight excluding hydrogens is 422 g/mol. The van der Waals surface area contributed by atoms with Crippen LogP contribution in [0, 0.1) is 0 Å². The number of nitrogens with one attached hydrogen (secondary N) is 2. The summed E-state index contributed by atoms with van der Waals surface area (Å²) in [5.74, 6) is 1.19. The first-order valence-electron chi connectivity index (χ1n) is 11.9. The van der Waals surface area contributed by atoms with Gasteiger partial charge in [0.1, 0.15) is 0 Å². The van der Waals surface area contributed by atoms with Gasteiger partial charge in [-0.15, -0.1) is 0 Å². The molecule has 0 saturated carbocycles. The Kier molecular flexibility index (Phi) is 10.9. The lowest BCUT2D eigenvalue weighted by Gasteiger charge is -2.40. The predicted octanol–water partition coefficient (Wildman–Crippen LogP) is 3.00. The average Bonchev–Trinajstić information content (AvgIpc) is 2.77. The molecule has 1 aliphatic rings. The zero-order valence-corrected chi connectivity index (χ0v) is 21.0. The number of piperidine rings is 1. The van der Waals surface area contributed by atoms with E-state index in [1.54, 1.807) is 32.4 Å². The fourth-order valence-corrected chi connectivity index (χ4v) is 4.20. The van der Waals surface area contributed by atoms with Crippen LogP contribution in [-0.2, 0) is 9.53 Å². The Bertz CT molecular complexity index is 760. The summed E-state index contributed by atoms with van der Waals surface area (Å²) in [5, 5.41) is 6.42. The first-order chi connectivity index (χ1) is 15.8. The van der Waals surface area contributed by atoms with E-state index in [4.69, 9.17) is 14.2 Å². The first-order valence-corrected chi connectivity index (χ1v) is 11.9. The second-order valence-electron chi connectivity index (χ2n) is 9.13. The minimum Gasteiger partial charge on any atom is -0.493 e. The normalized spacial score (nSPS) is 18.3. The fourth-order valence-electron chi connectivity index (χ4n) is 4.20. The van der Waals surface area contributed by atoms with Gasteiger partial charge in [0.15, 0.2) is 11.5 Å². The third-order valence-electron chi connectivity index (χ3n) is 5.72. The summed E-state index contributed by atoms with van der Waals surface area (Å²) in [6, 6.07) is 5.71. The maximum atomic E-state index is 13.5. The van der Waals surface area contributed by atoms with E-state index in [1.165, 1.54) is 0 Å². The van der Waals surface area contributed by atoms with E-state index in [9.17, 15) is 9.59 Å². The van der Waals surface area contributed by atoms with Crippen molar-refractivity contribution in [2.75, 3.05) is 34.0 Å². The number of methoxy groups -OCH3 is 2. The maximum Gasteiger partial charge on any atom is 0.254 e. The van der Waals surface area contributed by atoms with Crippen LogP contribution in [-0.4, -0.2) is 74.9 Å². The van der Waals surface area contributed by atoms with Crippen molar-refractivity contribution in [3.8, 4) is 11.5 Å².